The molecule has 0 saturated carbocycles. The first kappa shape index (κ1) is 21.3. The number of rotatable bonds is 9. The zero-order valence-corrected chi connectivity index (χ0v) is 17.8. The summed E-state index contributed by atoms with van der Waals surface area (Å²) in [6.45, 7) is 2.51. The van der Waals surface area contributed by atoms with Crippen LogP contribution >= 0.6 is 46.7 Å². The lowest BCUT2D eigenvalue weighted by molar-refractivity contribution is -0.120. The van der Waals surface area contributed by atoms with Crippen LogP contribution in [0.2, 0.25) is 10.0 Å². The van der Waals surface area contributed by atoms with Crippen molar-refractivity contribution < 1.29 is 9.53 Å². The van der Waals surface area contributed by atoms with Gasteiger partial charge in [0.05, 0.1) is 12.4 Å². The van der Waals surface area contributed by atoms with E-state index in [1.54, 1.807) is 18.9 Å². The molecule has 7 heteroatoms. The summed E-state index contributed by atoms with van der Waals surface area (Å²) < 4.78 is 5.14. The van der Waals surface area contributed by atoms with Gasteiger partial charge in [0.2, 0.25) is 5.91 Å². The van der Waals surface area contributed by atoms with Crippen molar-refractivity contribution in [2.24, 2.45) is 0 Å². The molecule has 3 nitrogen and oxygen atoms in total. The van der Waals surface area contributed by atoms with Crippen LogP contribution in [-0.4, -0.2) is 30.6 Å². The number of benzene rings is 2. The second-order valence-corrected chi connectivity index (χ2v) is 8.81. The zero-order valence-electron chi connectivity index (χ0n) is 14.6. The van der Waals surface area contributed by atoms with Gasteiger partial charge in [-0.15, -0.1) is 11.8 Å². The Morgan fingerprint density at radius 2 is 1.81 bits per heavy atom. The van der Waals surface area contributed by atoms with Crippen LogP contribution < -0.4 is 10.1 Å². The van der Waals surface area contributed by atoms with Gasteiger partial charge in [-0.25, -0.2) is 0 Å². The largest absolute Gasteiger partial charge is 0.497 e. The van der Waals surface area contributed by atoms with Crippen molar-refractivity contribution >= 4 is 52.6 Å². The highest BCUT2D eigenvalue weighted by Crippen LogP contribution is 2.28. The van der Waals surface area contributed by atoms with E-state index in [1.807, 2.05) is 49.4 Å². The van der Waals surface area contributed by atoms with Gasteiger partial charge in [-0.1, -0.05) is 29.3 Å². The fourth-order valence-electron chi connectivity index (χ4n) is 2.15. The Labute approximate surface area is 173 Å². The third-order valence-corrected chi connectivity index (χ3v) is 6.40. The first-order valence-corrected chi connectivity index (χ1v) is 10.9. The summed E-state index contributed by atoms with van der Waals surface area (Å²) >= 11 is 15.5. The molecule has 0 aliphatic heterocycles. The van der Waals surface area contributed by atoms with Crippen molar-refractivity contribution in [2.45, 2.75) is 22.8 Å². The molecule has 1 N–H and O–H groups in total. The van der Waals surface area contributed by atoms with Crippen LogP contribution in [0.3, 0.4) is 0 Å². The van der Waals surface area contributed by atoms with Crippen LogP contribution in [0.4, 0.5) is 0 Å². The normalized spacial score (nSPS) is 11.8. The molecule has 1 unspecified atom stereocenters. The molecule has 0 radical (unpaired) electrons. The highest BCUT2D eigenvalue weighted by atomic mass is 35.5. The number of hydrogen-bond donors (Lipinski definition) is 1. The number of carbonyl (C=O) groups excluding carboxylic acids is 1. The standard InChI is InChI=1S/C19H21Cl2NO2S2/c1-13(26-15-8-6-14(24-2)7-9-15)19(23)22-10-11-25-12-16-17(20)4-3-5-18(16)21/h3-9,13H,10-12H2,1-2H3,(H,22,23). The van der Waals surface area contributed by atoms with Gasteiger partial charge < -0.3 is 10.1 Å². The molecule has 0 aliphatic rings. The van der Waals surface area contributed by atoms with Gasteiger partial charge in [0, 0.05) is 33.0 Å². The minimum atomic E-state index is -0.161. The van der Waals surface area contributed by atoms with E-state index in [-0.39, 0.29) is 11.2 Å². The maximum absolute atomic E-state index is 12.2. The predicted octanol–water partition coefficient (Wildman–Crippen LogP) is 5.53. The molecule has 0 aromatic heterocycles. The van der Waals surface area contributed by atoms with Gasteiger partial charge in [-0.2, -0.15) is 11.8 Å². The van der Waals surface area contributed by atoms with E-state index in [0.717, 1.165) is 27.7 Å². The van der Waals surface area contributed by atoms with E-state index < -0.39 is 0 Å². The summed E-state index contributed by atoms with van der Waals surface area (Å²) in [4.78, 5) is 13.2. The highest BCUT2D eigenvalue weighted by molar-refractivity contribution is 8.00. The van der Waals surface area contributed by atoms with Crippen molar-refractivity contribution in [3.05, 3.63) is 58.1 Å². The Kier molecular flexibility index (Phi) is 8.99. The predicted molar refractivity (Wildman–Crippen MR) is 114 cm³/mol. The molecule has 0 saturated heterocycles. The highest BCUT2D eigenvalue weighted by Gasteiger charge is 2.14. The molecule has 0 aliphatic carbocycles. The molecule has 0 fully saturated rings. The molecule has 26 heavy (non-hydrogen) atoms. The molecule has 0 heterocycles. The molecule has 1 atom stereocenters. The minimum Gasteiger partial charge on any atom is -0.497 e. The van der Waals surface area contributed by atoms with E-state index in [0.29, 0.717) is 16.6 Å². The van der Waals surface area contributed by atoms with Crippen molar-refractivity contribution in [1.29, 1.82) is 0 Å². The second kappa shape index (κ2) is 11.0. The van der Waals surface area contributed by atoms with Crippen LogP contribution in [0.5, 0.6) is 5.75 Å². The van der Waals surface area contributed by atoms with Crippen LogP contribution in [0.25, 0.3) is 0 Å². The lowest BCUT2D eigenvalue weighted by atomic mass is 10.2. The summed E-state index contributed by atoms with van der Waals surface area (Å²) in [7, 11) is 1.63. The van der Waals surface area contributed by atoms with E-state index >= 15 is 0 Å². The van der Waals surface area contributed by atoms with Crippen molar-refractivity contribution in [3.63, 3.8) is 0 Å². The number of amides is 1. The van der Waals surface area contributed by atoms with Crippen molar-refractivity contribution in [2.75, 3.05) is 19.4 Å². The number of halogens is 2. The van der Waals surface area contributed by atoms with E-state index in [4.69, 9.17) is 27.9 Å². The molecule has 140 valence electrons. The van der Waals surface area contributed by atoms with Gasteiger partial charge in [0.15, 0.2) is 0 Å². The van der Waals surface area contributed by atoms with Crippen molar-refractivity contribution in [3.8, 4) is 5.75 Å². The fourth-order valence-corrected chi connectivity index (χ4v) is 4.63. The lowest BCUT2D eigenvalue weighted by Gasteiger charge is -2.12. The van der Waals surface area contributed by atoms with Crippen molar-refractivity contribution in [1.82, 2.24) is 5.32 Å². The summed E-state index contributed by atoms with van der Waals surface area (Å²) in [5.41, 5.74) is 0.940. The number of methoxy groups -OCH3 is 1. The Bertz CT molecular complexity index is 706. The molecule has 0 spiro atoms. The minimum absolute atomic E-state index is 0.0298. The van der Waals surface area contributed by atoms with Gasteiger partial charge in [-0.3, -0.25) is 4.79 Å². The molecule has 2 rings (SSSR count). The van der Waals surface area contributed by atoms with Crippen LogP contribution in [0, 0.1) is 0 Å². The Hall–Kier alpha value is -1.01. The van der Waals surface area contributed by atoms with Gasteiger partial charge in [0.1, 0.15) is 5.75 Å². The quantitative estimate of drug-likeness (QED) is 0.419. The summed E-state index contributed by atoms with van der Waals surface area (Å²) in [5.74, 6) is 2.36. The van der Waals surface area contributed by atoms with E-state index in [9.17, 15) is 4.79 Å². The molecular weight excluding hydrogens is 409 g/mol. The smallest absolute Gasteiger partial charge is 0.233 e. The van der Waals surface area contributed by atoms with Gasteiger partial charge in [-0.05, 0) is 48.9 Å². The lowest BCUT2D eigenvalue weighted by Crippen LogP contribution is -2.32. The number of carbonyl (C=O) groups is 1. The first-order valence-electron chi connectivity index (χ1n) is 8.10. The second-order valence-electron chi connectivity index (χ2n) is 5.48. The topological polar surface area (TPSA) is 38.3 Å². The van der Waals surface area contributed by atoms with Crippen LogP contribution in [0.15, 0.2) is 47.4 Å². The first-order chi connectivity index (χ1) is 12.5. The van der Waals surface area contributed by atoms with Gasteiger partial charge >= 0.3 is 0 Å². The number of nitrogens with one attached hydrogen (secondary N) is 1. The Morgan fingerprint density at radius 1 is 1.15 bits per heavy atom. The monoisotopic (exact) mass is 429 g/mol. The summed E-state index contributed by atoms with van der Waals surface area (Å²) in [5, 5.41) is 4.17. The summed E-state index contributed by atoms with van der Waals surface area (Å²) in [6.07, 6.45) is 0. The third-order valence-electron chi connectivity index (χ3n) is 3.60. The van der Waals surface area contributed by atoms with Crippen LogP contribution in [-0.2, 0) is 10.5 Å². The van der Waals surface area contributed by atoms with E-state index in [2.05, 4.69) is 5.32 Å². The molecule has 1 amide bonds. The number of thioether (sulfide) groups is 2. The van der Waals surface area contributed by atoms with Gasteiger partial charge in [0.25, 0.3) is 0 Å². The SMILES string of the molecule is COc1ccc(SC(C)C(=O)NCCSCc2c(Cl)cccc2Cl)cc1. The van der Waals surface area contributed by atoms with Crippen LogP contribution in [0.1, 0.15) is 12.5 Å². The average Bonchev–Trinajstić information content (AvgIpc) is 2.64. The maximum Gasteiger partial charge on any atom is 0.233 e. The maximum atomic E-state index is 12.2. The fraction of sp³-hybridized carbons (Fsp3) is 0.316. The average molecular weight is 430 g/mol. The number of hydrogen-bond acceptors (Lipinski definition) is 4. The Morgan fingerprint density at radius 3 is 2.42 bits per heavy atom. The third kappa shape index (κ3) is 6.62. The molecule has 0 bridgehead atoms. The number of ether oxygens (including phenoxy) is 1. The molecule has 2 aromatic carbocycles. The Balaban J connectivity index is 1.69. The zero-order chi connectivity index (χ0) is 18.9. The van der Waals surface area contributed by atoms with E-state index in [1.165, 1.54) is 11.8 Å². The summed E-state index contributed by atoms with van der Waals surface area (Å²) in [6, 6.07) is 13.2. The molecule has 2 aromatic rings. The molecular formula is C19H21Cl2NO2S2.